The van der Waals surface area contributed by atoms with E-state index in [4.69, 9.17) is 0 Å². The number of nitrogens with one attached hydrogen (secondary N) is 2. The van der Waals surface area contributed by atoms with Crippen LogP contribution < -0.4 is 10.6 Å². The normalized spacial score (nSPS) is 17.9. The summed E-state index contributed by atoms with van der Waals surface area (Å²) in [6.07, 6.45) is 0.589. The Kier molecular flexibility index (Phi) is 11.5. The maximum atomic E-state index is 12.6. The lowest BCUT2D eigenvalue weighted by Gasteiger charge is -2.32. The average Bonchev–Trinajstić information content (AvgIpc) is 2.56. The van der Waals surface area contributed by atoms with Gasteiger partial charge in [0.05, 0.1) is 0 Å². The van der Waals surface area contributed by atoms with Gasteiger partial charge < -0.3 is 10.6 Å². The van der Waals surface area contributed by atoms with Crippen LogP contribution in [0.15, 0.2) is 4.99 Å². The Labute approximate surface area is 177 Å². The first-order valence-corrected chi connectivity index (χ1v) is 10.2. The SMILES string of the molecule is CCN(CCNC(=NC)NC1CCN(S(=O)(=O)C(F)(F)F)CC1)C(C)C.I. The van der Waals surface area contributed by atoms with Gasteiger partial charge >= 0.3 is 15.5 Å². The Hall–Kier alpha value is -0.340. The predicted molar refractivity (Wildman–Crippen MR) is 112 cm³/mol. The summed E-state index contributed by atoms with van der Waals surface area (Å²) in [6, 6.07) is 0.324. The molecule has 0 spiro atoms. The van der Waals surface area contributed by atoms with Crippen LogP contribution in [0, 0.1) is 0 Å². The molecule has 0 aromatic heterocycles. The van der Waals surface area contributed by atoms with Crippen molar-refractivity contribution >= 4 is 40.0 Å². The summed E-state index contributed by atoms with van der Waals surface area (Å²) < 4.78 is 61.1. The van der Waals surface area contributed by atoms with E-state index in [0.717, 1.165) is 13.1 Å². The summed E-state index contributed by atoms with van der Waals surface area (Å²) in [7, 11) is -3.61. The van der Waals surface area contributed by atoms with Crippen molar-refractivity contribution in [3.8, 4) is 0 Å². The number of hydrogen-bond acceptors (Lipinski definition) is 4. The summed E-state index contributed by atoms with van der Waals surface area (Å²) in [5.74, 6) is 0.571. The first-order chi connectivity index (χ1) is 12.0. The molecule has 0 aromatic rings. The van der Waals surface area contributed by atoms with Crippen LogP contribution in [0.4, 0.5) is 13.2 Å². The van der Waals surface area contributed by atoms with E-state index in [1.165, 1.54) is 0 Å². The highest BCUT2D eigenvalue weighted by atomic mass is 127. The molecule has 7 nitrogen and oxygen atoms in total. The molecule has 27 heavy (non-hydrogen) atoms. The van der Waals surface area contributed by atoms with Crippen LogP contribution >= 0.6 is 24.0 Å². The number of sulfonamides is 1. The monoisotopic (exact) mass is 529 g/mol. The minimum atomic E-state index is -5.24. The lowest BCUT2D eigenvalue weighted by molar-refractivity contribution is -0.0494. The fourth-order valence-corrected chi connectivity index (χ4v) is 3.86. The number of guanidine groups is 1. The number of halogens is 4. The minimum Gasteiger partial charge on any atom is -0.355 e. The summed E-state index contributed by atoms with van der Waals surface area (Å²) in [4.78, 5) is 6.41. The number of rotatable bonds is 7. The average molecular weight is 529 g/mol. The molecule has 12 heteroatoms. The van der Waals surface area contributed by atoms with E-state index in [-0.39, 0.29) is 43.1 Å². The Bertz CT molecular complexity index is 564. The number of piperidine rings is 1. The third kappa shape index (κ3) is 7.89. The standard InChI is InChI=1S/C15H30F3N5O2S.HI/c1-5-22(12(2)3)11-8-20-14(19-4)21-13-6-9-23(10-7-13)26(24,25)15(16,17)18;/h12-13H,5-11H2,1-4H3,(H2,19,20,21);1H. The van der Waals surface area contributed by atoms with Crippen molar-refractivity contribution in [3.63, 3.8) is 0 Å². The van der Waals surface area contributed by atoms with Crippen molar-refractivity contribution in [1.29, 1.82) is 0 Å². The lowest BCUT2D eigenvalue weighted by atomic mass is 10.1. The fraction of sp³-hybridized carbons (Fsp3) is 0.933. The Morgan fingerprint density at radius 3 is 2.26 bits per heavy atom. The molecular weight excluding hydrogens is 498 g/mol. The molecule has 0 amide bonds. The number of likely N-dealkylation sites (N-methyl/N-ethyl adjacent to an activating group) is 1. The largest absolute Gasteiger partial charge is 0.511 e. The topological polar surface area (TPSA) is 77.0 Å². The van der Waals surface area contributed by atoms with Gasteiger partial charge in [-0.3, -0.25) is 9.89 Å². The van der Waals surface area contributed by atoms with E-state index in [1.54, 1.807) is 7.05 Å². The van der Waals surface area contributed by atoms with Crippen LogP contribution in [0.5, 0.6) is 0 Å². The van der Waals surface area contributed by atoms with Crippen LogP contribution in [0.25, 0.3) is 0 Å². The minimum absolute atomic E-state index is 0. The molecule has 1 aliphatic heterocycles. The molecule has 0 unspecified atom stereocenters. The van der Waals surface area contributed by atoms with Crippen molar-refractivity contribution in [3.05, 3.63) is 0 Å². The Balaban J connectivity index is 0.00000676. The van der Waals surface area contributed by atoms with Crippen LogP contribution in [0.2, 0.25) is 0 Å². The summed E-state index contributed by atoms with van der Waals surface area (Å²) in [5.41, 5.74) is -5.24. The smallest absolute Gasteiger partial charge is 0.355 e. The number of nitrogens with zero attached hydrogens (tertiary/aromatic N) is 3. The van der Waals surface area contributed by atoms with Crippen molar-refractivity contribution < 1.29 is 21.6 Å². The van der Waals surface area contributed by atoms with Gasteiger partial charge in [-0.05, 0) is 33.2 Å². The highest BCUT2D eigenvalue weighted by Gasteiger charge is 2.50. The van der Waals surface area contributed by atoms with Crippen LogP contribution in [-0.2, 0) is 10.0 Å². The first-order valence-electron chi connectivity index (χ1n) is 8.80. The van der Waals surface area contributed by atoms with Crippen molar-refractivity contribution in [1.82, 2.24) is 19.8 Å². The molecule has 0 aliphatic carbocycles. The zero-order chi connectivity index (χ0) is 20.0. The van der Waals surface area contributed by atoms with Crippen molar-refractivity contribution in [2.75, 3.05) is 39.8 Å². The number of alkyl halides is 3. The van der Waals surface area contributed by atoms with Crippen LogP contribution in [-0.4, -0.2) is 80.9 Å². The molecule has 2 N–H and O–H groups in total. The molecule has 1 rings (SSSR count). The predicted octanol–water partition coefficient (Wildman–Crippen LogP) is 1.81. The summed E-state index contributed by atoms with van der Waals surface area (Å²) in [5, 5.41) is 6.34. The molecule has 0 bridgehead atoms. The molecule has 162 valence electrons. The quantitative estimate of drug-likeness (QED) is 0.299. The molecule has 0 saturated carbocycles. The molecule has 1 fully saturated rings. The van der Waals surface area contributed by atoms with E-state index in [2.05, 4.69) is 41.3 Å². The van der Waals surface area contributed by atoms with Gasteiger partial charge in [-0.25, -0.2) is 8.42 Å². The number of hydrogen-bond donors (Lipinski definition) is 2. The zero-order valence-corrected chi connectivity index (χ0v) is 19.4. The van der Waals surface area contributed by atoms with E-state index in [9.17, 15) is 21.6 Å². The van der Waals surface area contributed by atoms with Gasteiger partial charge in [0, 0.05) is 45.3 Å². The van der Waals surface area contributed by atoms with Gasteiger partial charge in [-0.2, -0.15) is 17.5 Å². The number of aliphatic imine (C=N–C) groups is 1. The molecule has 1 saturated heterocycles. The lowest BCUT2D eigenvalue weighted by Crippen LogP contribution is -2.52. The van der Waals surface area contributed by atoms with E-state index in [0.29, 0.717) is 35.7 Å². The van der Waals surface area contributed by atoms with Gasteiger partial charge in [0.25, 0.3) is 0 Å². The highest BCUT2D eigenvalue weighted by Crippen LogP contribution is 2.28. The molecular formula is C15H31F3IN5O2S. The second kappa shape index (κ2) is 11.6. The Morgan fingerprint density at radius 2 is 1.85 bits per heavy atom. The molecule has 1 heterocycles. The third-order valence-corrected chi connectivity index (χ3v) is 6.11. The van der Waals surface area contributed by atoms with E-state index in [1.807, 2.05) is 0 Å². The van der Waals surface area contributed by atoms with Gasteiger partial charge in [0.2, 0.25) is 0 Å². The van der Waals surface area contributed by atoms with Gasteiger partial charge in [-0.15, -0.1) is 24.0 Å². The highest BCUT2D eigenvalue weighted by molar-refractivity contribution is 14.0. The van der Waals surface area contributed by atoms with Crippen LogP contribution in [0.3, 0.4) is 0 Å². The van der Waals surface area contributed by atoms with Gasteiger partial charge in [0.15, 0.2) is 5.96 Å². The maximum Gasteiger partial charge on any atom is 0.511 e. The molecule has 0 atom stereocenters. The Morgan fingerprint density at radius 1 is 1.30 bits per heavy atom. The summed E-state index contributed by atoms with van der Waals surface area (Å²) >= 11 is 0. The molecule has 1 aliphatic rings. The second-order valence-electron chi connectivity index (χ2n) is 6.49. The maximum absolute atomic E-state index is 12.6. The molecule has 0 radical (unpaired) electrons. The van der Waals surface area contributed by atoms with E-state index >= 15 is 0 Å². The van der Waals surface area contributed by atoms with Crippen molar-refractivity contribution in [2.24, 2.45) is 4.99 Å². The van der Waals surface area contributed by atoms with E-state index < -0.39 is 15.5 Å². The second-order valence-corrected chi connectivity index (χ2v) is 8.42. The van der Waals surface area contributed by atoms with Crippen LogP contribution in [0.1, 0.15) is 33.6 Å². The van der Waals surface area contributed by atoms with Crippen molar-refractivity contribution in [2.45, 2.75) is 51.2 Å². The van der Waals surface area contributed by atoms with Gasteiger partial charge in [-0.1, -0.05) is 6.92 Å². The summed E-state index contributed by atoms with van der Waals surface area (Å²) in [6.45, 7) is 8.50. The third-order valence-electron chi connectivity index (χ3n) is 4.48. The van der Waals surface area contributed by atoms with Gasteiger partial charge in [0.1, 0.15) is 0 Å². The molecule has 0 aromatic carbocycles. The first kappa shape index (κ1) is 26.7. The fourth-order valence-electron chi connectivity index (χ4n) is 2.87. The zero-order valence-electron chi connectivity index (χ0n) is 16.2.